The molecule has 3 aromatic rings. The van der Waals surface area contributed by atoms with Crippen LogP contribution in [0.2, 0.25) is 0 Å². The van der Waals surface area contributed by atoms with Crippen molar-refractivity contribution < 1.29 is 0 Å². The van der Waals surface area contributed by atoms with E-state index in [1.165, 1.54) is 0 Å². The summed E-state index contributed by atoms with van der Waals surface area (Å²) in [5.41, 5.74) is 3.12. The molecule has 0 unspecified atom stereocenters. The summed E-state index contributed by atoms with van der Waals surface area (Å²) in [6.45, 7) is 0.646. The van der Waals surface area contributed by atoms with E-state index in [0.717, 1.165) is 22.2 Å². The molecule has 21 heavy (non-hydrogen) atoms. The van der Waals surface area contributed by atoms with Gasteiger partial charge < -0.3 is 10.6 Å². The van der Waals surface area contributed by atoms with Crippen LogP contribution in [0.4, 0.5) is 5.69 Å². The Hall–Kier alpha value is -2.46. The molecule has 0 amide bonds. The molecule has 0 bridgehead atoms. The van der Waals surface area contributed by atoms with Crippen LogP contribution in [-0.4, -0.2) is 10.1 Å². The van der Waals surface area contributed by atoms with E-state index in [1.807, 2.05) is 48.7 Å². The third-order valence-corrected chi connectivity index (χ3v) is 3.43. The molecule has 4 heteroatoms. The van der Waals surface area contributed by atoms with Crippen molar-refractivity contribution in [2.75, 3.05) is 5.32 Å². The van der Waals surface area contributed by atoms with Crippen LogP contribution in [0.25, 0.3) is 10.9 Å². The summed E-state index contributed by atoms with van der Waals surface area (Å²) in [4.78, 5) is 4.44. The van der Waals surface area contributed by atoms with Crippen molar-refractivity contribution in [3.8, 4) is 0 Å². The van der Waals surface area contributed by atoms with Crippen LogP contribution in [0.3, 0.4) is 0 Å². The third kappa shape index (κ3) is 3.35. The zero-order chi connectivity index (χ0) is 14.5. The van der Waals surface area contributed by atoms with E-state index in [9.17, 15) is 0 Å². The number of benzene rings is 2. The van der Waals surface area contributed by atoms with Crippen LogP contribution < -0.4 is 10.6 Å². The maximum absolute atomic E-state index is 5.32. The topological polar surface area (TPSA) is 37.0 Å². The first-order chi connectivity index (χ1) is 10.3. The number of hydrogen-bond acceptors (Lipinski definition) is 2. The summed E-state index contributed by atoms with van der Waals surface area (Å²) in [6, 6.07) is 20.0. The van der Waals surface area contributed by atoms with Crippen molar-refractivity contribution in [3.05, 3.63) is 72.4 Å². The molecule has 0 saturated carbocycles. The average Bonchev–Trinajstić information content (AvgIpc) is 2.54. The molecular weight excluding hydrogens is 278 g/mol. The lowest BCUT2D eigenvalue weighted by atomic mass is 10.1. The Balaban J connectivity index is 1.68. The molecule has 0 spiro atoms. The molecule has 1 aromatic heterocycles. The van der Waals surface area contributed by atoms with Gasteiger partial charge in [-0.25, -0.2) is 0 Å². The lowest BCUT2D eigenvalue weighted by molar-refractivity contribution is 0.931. The van der Waals surface area contributed by atoms with Crippen molar-refractivity contribution in [2.24, 2.45) is 0 Å². The minimum atomic E-state index is 0.606. The highest BCUT2D eigenvalue weighted by molar-refractivity contribution is 7.80. The Morgan fingerprint density at radius 2 is 1.76 bits per heavy atom. The normalized spacial score (nSPS) is 10.3. The van der Waals surface area contributed by atoms with E-state index in [-0.39, 0.29) is 0 Å². The van der Waals surface area contributed by atoms with Crippen LogP contribution in [0.5, 0.6) is 0 Å². The molecule has 1 heterocycles. The zero-order valence-corrected chi connectivity index (χ0v) is 12.2. The van der Waals surface area contributed by atoms with E-state index in [4.69, 9.17) is 12.2 Å². The summed E-state index contributed by atoms with van der Waals surface area (Å²) in [5.74, 6) is 0. The van der Waals surface area contributed by atoms with E-state index < -0.39 is 0 Å². The standard InChI is InChI=1S/C17H15N3S/c21-17(20-15-9-2-1-3-10-15)19-12-14-7-4-6-13-8-5-11-18-16(13)14/h1-11H,12H2,(H2,19,20,21). The van der Waals surface area contributed by atoms with E-state index in [2.05, 4.69) is 33.8 Å². The molecule has 0 radical (unpaired) electrons. The van der Waals surface area contributed by atoms with Crippen molar-refractivity contribution in [2.45, 2.75) is 6.54 Å². The first-order valence-electron chi connectivity index (χ1n) is 6.75. The first-order valence-corrected chi connectivity index (χ1v) is 7.16. The lowest BCUT2D eigenvalue weighted by Crippen LogP contribution is -2.27. The number of hydrogen-bond donors (Lipinski definition) is 2. The second kappa shape index (κ2) is 6.33. The first kappa shape index (κ1) is 13.5. The van der Waals surface area contributed by atoms with Gasteiger partial charge in [-0.15, -0.1) is 0 Å². The maximum atomic E-state index is 5.32. The Morgan fingerprint density at radius 1 is 0.952 bits per heavy atom. The fourth-order valence-corrected chi connectivity index (χ4v) is 2.37. The summed E-state index contributed by atoms with van der Waals surface area (Å²) >= 11 is 5.32. The predicted octanol–water partition coefficient (Wildman–Crippen LogP) is 3.72. The number of aromatic nitrogens is 1. The van der Waals surface area contributed by atoms with Crippen molar-refractivity contribution in [1.29, 1.82) is 0 Å². The highest BCUT2D eigenvalue weighted by Gasteiger charge is 2.02. The van der Waals surface area contributed by atoms with Crippen molar-refractivity contribution in [1.82, 2.24) is 10.3 Å². The number of fused-ring (bicyclic) bond motifs is 1. The highest BCUT2D eigenvalue weighted by atomic mass is 32.1. The van der Waals surface area contributed by atoms with Gasteiger partial charge in [0.15, 0.2) is 5.11 Å². The zero-order valence-electron chi connectivity index (χ0n) is 11.4. The molecule has 2 N–H and O–H groups in total. The molecule has 3 nitrogen and oxygen atoms in total. The van der Waals surface area contributed by atoms with Crippen LogP contribution in [0.15, 0.2) is 66.9 Å². The maximum Gasteiger partial charge on any atom is 0.171 e. The van der Waals surface area contributed by atoms with E-state index in [0.29, 0.717) is 11.7 Å². The van der Waals surface area contributed by atoms with Gasteiger partial charge in [-0.2, -0.15) is 0 Å². The Bertz CT molecular complexity index is 751. The molecule has 0 saturated heterocycles. The molecule has 0 aliphatic carbocycles. The summed E-state index contributed by atoms with van der Waals surface area (Å²) < 4.78 is 0. The molecule has 3 rings (SSSR count). The third-order valence-electron chi connectivity index (χ3n) is 3.19. The minimum absolute atomic E-state index is 0.606. The molecule has 0 fully saturated rings. The summed E-state index contributed by atoms with van der Waals surface area (Å²) in [6.07, 6.45) is 1.81. The van der Waals surface area contributed by atoms with Gasteiger partial charge in [-0.05, 0) is 36.0 Å². The quantitative estimate of drug-likeness (QED) is 0.722. The lowest BCUT2D eigenvalue weighted by Gasteiger charge is -2.11. The monoisotopic (exact) mass is 293 g/mol. The number of anilines is 1. The SMILES string of the molecule is S=C(NCc1cccc2cccnc12)Nc1ccccc1. The number of thiocarbonyl (C=S) groups is 1. The Kier molecular flexibility index (Phi) is 4.07. The predicted molar refractivity (Wildman–Crippen MR) is 91.2 cm³/mol. The Labute approximate surface area is 129 Å². The van der Waals surface area contributed by atoms with Gasteiger partial charge in [-0.1, -0.05) is 42.5 Å². The largest absolute Gasteiger partial charge is 0.358 e. The van der Waals surface area contributed by atoms with Gasteiger partial charge >= 0.3 is 0 Å². The van der Waals surface area contributed by atoms with E-state index >= 15 is 0 Å². The molecule has 0 atom stereocenters. The molecule has 2 aromatic carbocycles. The van der Waals surface area contributed by atoms with E-state index in [1.54, 1.807) is 0 Å². The summed E-state index contributed by atoms with van der Waals surface area (Å²) in [5, 5.41) is 8.12. The summed E-state index contributed by atoms with van der Waals surface area (Å²) in [7, 11) is 0. The molecular formula is C17H15N3S. The molecule has 0 aliphatic rings. The number of nitrogens with one attached hydrogen (secondary N) is 2. The van der Waals surface area contributed by atoms with Crippen LogP contribution >= 0.6 is 12.2 Å². The average molecular weight is 293 g/mol. The van der Waals surface area contributed by atoms with Gasteiger partial charge in [-0.3, -0.25) is 4.98 Å². The fraction of sp³-hybridized carbons (Fsp3) is 0.0588. The van der Waals surface area contributed by atoms with Gasteiger partial charge in [0.1, 0.15) is 0 Å². The number of pyridine rings is 1. The second-order valence-electron chi connectivity index (χ2n) is 4.67. The Morgan fingerprint density at radius 3 is 2.62 bits per heavy atom. The van der Waals surface area contributed by atoms with Crippen LogP contribution in [0.1, 0.15) is 5.56 Å². The van der Waals surface area contributed by atoms with Crippen molar-refractivity contribution in [3.63, 3.8) is 0 Å². The molecule has 104 valence electrons. The molecule has 0 aliphatic heterocycles. The second-order valence-corrected chi connectivity index (χ2v) is 5.07. The van der Waals surface area contributed by atoms with Gasteiger partial charge in [0.05, 0.1) is 5.52 Å². The van der Waals surface area contributed by atoms with Crippen LogP contribution in [-0.2, 0) is 6.54 Å². The minimum Gasteiger partial charge on any atom is -0.358 e. The van der Waals surface area contributed by atoms with Crippen molar-refractivity contribution >= 4 is 33.9 Å². The van der Waals surface area contributed by atoms with Crippen LogP contribution in [0, 0.1) is 0 Å². The number of nitrogens with zero attached hydrogens (tertiary/aromatic N) is 1. The van der Waals surface area contributed by atoms with Gasteiger partial charge in [0.2, 0.25) is 0 Å². The van der Waals surface area contributed by atoms with Gasteiger partial charge in [0.25, 0.3) is 0 Å². The number of rotatable bonds is 3. The van der Waals surface area contributed by atoms with Gasteiger partial charge in [0, 0.05) is 23.8 Å². The fourth-order valence-electron chi connectivity index (χ4n) is 2.18. The highest BCUT2D eigenvalue weighted by Crippen LogP contribution is 2.15. The number of para-hydroxylation sites is 2. The smallest absolute Gasteiger partial charge is 0.171 e.